The molecule has 21 heavy (non-hydrogen) atoms. The number of pyridine rings is 1. The van der Waals surface area contributed by atoms with E-state index in [2.05, 4.69) is 37.6 Å². The van der Waals surface area contributed by atoms with E-state index in [0.29, 0.717) is 5.92 Å². The third-order valence-corrected chi connectivity index (χ3v) is 4.13. The van der Waals surface area contributed by atoms with Crippen molar-refractivity contribution in [2.75, 3.05) is 19.6 Å². The van der Waals surface area contributed by atoms with E-state index in [9.17, 15) is 4.79 Å². The average molecular weight is 291 g/mol. The zero-order chi connectivity index (χ0) is 15.9. The molecule has 1 aromatic heterocycles. The Balaban J connectivity index is 3.10. The maximum Gasteiger partial charge on any atom is 0.229 e. The minimum atomic E-state index is -0.669. The molecule has 1 amide bonds. The van der Waals surface area contributed by atoms with Gasteiger partial charge in [0.2, 0.25) is 5.91 Å². The SMILES string of the molecule is CCN(CC)CC[C@](CC(C)C)(C(N)=O)c1ccccn1. The molecule has 1 aromatic rings. The smallest absolute Gasteiger partial charge is 0.229 e. The van der Waals surface area contributed by atoms with Gasteiger partial charge in [0.15, 0.2) is 0 Å². The molecule has 0 unspecified atom stereocenters. The molecule has 0 spiro atoms. The van der Waals surface area contributed by atoms with Gasteiger partial charge >= 0.3 is 0 Å². The Morgan fingerprint density at radius 3 is 2.43 bits per heavy atom. The van der Waals surface area contributed by atoms with Crippen molar-refractivity contribution < 1.29 is 4.79 Å². The predicted molar refractivity (Wildman–Crippen MR) is 87.0 cm³/mol. The number of amides is 1. The summed E-state index contributed by atoms with van der Waals surface area (Å²) in [6, 6.07) is 5.72. The first-order chi connectivity index (χ1) is 9.96. The standard InChI is InChI=1S/C17H29N3O/c1-5-20(6-2)12-10-17(16(18)21,13-14(3)4)15-9-7-8-11-19-15/h7-9,11,14H,5-6,10,12-13H2,1-4H3,(H2,18,21)/t17-/m1/s1. The van der Waals surface area contributed by atoms with Gasteiger partial charge < -0.3 is 10.6 Å². The van der Waals surface area contributed by atoms with Gasteiger partial charge in [-0.2, -0.15) is 0 Å². The molecule has 0 aromatic carbocycles. The highest BCUT2D eigenvalue weighted by molar-refractivity contribution is 5.86. The zero-order valence-electron chi connectivity index (χ0n) is 13.8. The first kappa shape index (κ1) is 17.6. The monoisotopic (exact) mass is 291 g/mol. The van der Waals surface area contributed by atoms with Gasteiger partial charge in [0.05, 0.1) is 11.1 Å². The minimum absolute atomic E-state index is 0.262. The molecule has 1 rings (SSSR count). The lowest BCUT2D eigenvalue weighted by Gasteiger charge is -2.33. The molecule has 4 heteroatoms. The van der Waals surface area contributed by atoms with E-state index in [1.54, 1.807) is 6.20 Å². The number of nitrogens with zero attached hydrogens (tertiary/aromatic N) is 2. The van der Waals surface area contributed by atoms with Gasteiger partial charge in [-0.05, 0) is 50.5 Å². The highest BCUT2D eigenvalue weighted by atomic mass is 16.1. The van der Waals surface area contributed by atoms with Crippen molar-refractivity contribution in [3.63, 3.8) is 0 Å². The van der Waals surface area contributed by atoms with E-state index in [4.69, 9.17) is 5.73 Å². The Morgan fingerprint density at radius 2 is 2.00 bits per heavy atom. The summed E-state index contributed by atoms with van der Waals surface area (Å²) in [4.78, 5) is 19.1. The molecule has 118 valence electrons. The molecule has 0 fully saturated rings. The van der Waals surface area contributed by atoms with Crippen LogP contribution in [0.2, 0.25) is 0 Å². The van der Waals surface area contributed by atoms with Crippen LogP contribution in [-0.4, -0.2) is 35.4 Å². The summed E-state index contributed by atoms with van der Waals surface area (Å²) in [6.07, 6.45) is 3.20. The third-order valence-electron chi connectivity index (χ3n) is 4.13. The lowest BCUT2D eigenvalue weighted by atomic mass is 9.73. The van der Waals surface area contributed by atoms with Crippen molar-refractivity contribution in [1.29, 1.82) is 0 Å². The molecular weight excluding hydrogens is 262 g/mol. The summed E-state index contributed by atoms with van der Waals surface area (Å²) in [5, 5.41) is 0. The summed E-state index contributed by atoms with van der Waals surface area (Å²) >= 11 is 0. The van der Waals surface area contributed by atoms with Crippen molar-refractivity contribution in [3.8, 4) is 0 Å². The molecule has 0 radical (unpaired) electrons. The van der Waals surface area contributed by atoms with Crippen LogP contribution in [0.25, 0.3) is 0 Å². The minimum Gasteiger partial charge on any atom is -0.369 e. The summed E-state index contributed by atoms with van der Waals surface area (Å²) < 4.78 is 0. The molecule has 0 saturated carbocycles. The third kappa shape index (κ3) is 4.53. The second-order valence-electron chi connectivity index (χ2n) is 6.04. The Labute approximate surface area is 128 Å². The number of hydrogen-bond acceptors (Lipinski definition) is 3. The number of primary amides is 1. The largest absolute Gasteiger partial charge is 0.369 e. The molecule has 0 aliphatic heterocycles. The number of carbonyl (C=O) groups is 1. The van der Waals surface area contributed by atoms with Crippen molar-refractivity contribution in [1.82, 2.24) is 9.88 Å². The van der Waals surface area contributed by atoms with E-state index >= 15 is 0 Å². The molecule has 0 bridgehead atoms. The van der Waals surface area contributed by atoms with Crippen molar-refractivity contribution in [2.45, 2.75) is 46.0 Å². The van der Waals surface area contributed by atoms with Gasteiger partial charge in [-0.1, -0.05) is 33.8 Å². The predicted octanol–water partition coefficient (Wildman–Crippen LogP) is 2.58. The fourth-order valence-corrected chi connectivity index (χ4v) is 2.92. The second kappa shape index (κ2) is 8.13. The van der Waals surface area contributed by atoms with E-state index < -0.39 is 5.41 Å². The topological polar surface area (TPSA) is 59.2 Å². The van der Waals surface area contributed by atoms with E-state index in [1.807, 2.05) is 18.2 Å². The number of nitrogens with two attached hydrogens (primary N) is 1. The molecule has 2 N–H and O–H groups in total. The van der Waals surface area contributed by atoms with Crippen LogP contribution in [0, 0.1) is 5.92 Å². The molecule has 0 saturated heterocycles. The van der Waals surface area contributed by atoms with Gasteiger partial charge in [-0.25, -0.2) is 0 Å². The highest BCUT2D eigenvalue weighted by Gasteiger charge is 2.40. The van der Waals surface area contributed by atoms with Crippen LogP contribution in [-0.2, 0) is 10.2 Å². The number of rotatable bonds is 9. The van der Waals surface area contributed by atoms with Gasteiger partial charge in [0.25, 0.3) is 0 Å². The van der Waals surface area contributed by atoms with Crippen molar-refractivity contribution >= 4 is 5.91 Å². The average Bonchev–Trinajstić information content (AvgIpc) is 2.47. The number of carbonyl (C=O) groups excluding carboxylic acids is 1. The molecule has 0 aliphatic rings. The Hall–Kier alpha value is -1.42. The quantitative estimate of drug-likeness (QED) is 0.760. The normalized spacial score (nSPS) is 14.4. The van der Waals surface area contributed by atoms with Crippen LogP contribution in [0.4, 0.5) is 0 Å². The first-order valence-electron chi connectivity index (χ1n) is 7.90. The van der Waals surface area contributed by atoms with Crippen LogP contribution in [0.3, 0.4) is 0 Å². The van der Waals surface area contributed by atoms with Crippen LogP contribution in [0.1, 0.15) is 46.2 Å². The Morgan fingerprint density at radius 1 is 1.33 bits per heavy atom. The highest BCUT2D eigenvalue weighted by Crippen LogP contribution is 2.33. The van der Waals surface area contributed by atoms with Gasteiger partial charge in [-0.3, -0.25) is 9.78 Å². The molecule has 1 atom stereocenters. The summed E-state index contributed by atoms with van der Waals surface area (Å²) in [5.41, 5.74) is 5.96. The molecule has 0 aliphatic carbocycles. The van der Waals surface area contributed by atoms with E-state index in [1.165, 1.54) is 0 Å². The Bertz CT molecular complexity index is 429. The molecular formula is C17H29N3O. The van der Waals surface area contributed by atoms with E-state index in [-0.39, 0.29) is 5.91 Å². The molecule has 1 heterocycles. The summed E-state index contributed by atoms with van der Waals surface area (Å²) in [6.45, 7) is 11.3. The number of aromatic nitrogens is 1. The Kier molecular flexibility index (Phi) is 6.82. The van der Waals surface area contributed by atoms with E-state index in [0.717, 1.165) is 38.2 Å². The van der Waals surface area contributed by atoms with Gasteiger partial charge in [0, 0.05) is 6.20 Å². The lowest BCUT2D eigenvalue weighted by Crippen LogP contribution is -2.45. The van der Waals surface area contributed by atoms with Gasteiger partial charge in [0.1, 0.15) is 0 Å². The first-order valence-corrected chi connectivity index (χ1v) is 7.90. The maximum atomic E-state index is 12.3. The number of hydrogen-bond donors (Lipinski definition) is 1. The van der Waals surface area contributed by atoms with Gasteiger partial charge in [-0.15, -0.1) is 0 Å². The van der Waals surface area contributed by atoms with Crippen LogP contribution in [0.5, 0.6) is 0 Å². The van der Waals surface area contributed by atoms with Crippen LogP contribution >= 0.6 is 0 Å². The lowest BCUT2D eigenvalue weighted by molar-refractivity contribution is -0.124. The zero-order valence-corrected chi connectivity index (χ0v) is 13.8. The van der Waals surface area contributed by atoms with Crippen LogP contribution in [0.15, 0.2) is 24.4 Å². The summed E-state index contributed by atoms with van der Waals surface area (Å²) in [5.74, 6) is 0.123. The van der Waals surface area contributed by atoms with Crippen molar-refractivity contribution in [3.05, 3.63) is 30.1 Å². The van der Waals surface area contributed by atoms with Crippen LogP contribution < -0.4 is 5.73 Å². The maximum absolute atomic E-state index is 12.3. The van der Waals surface area contributed by atoms with Crippen molar-refractivity contribution in [2.24, 2.45) is 11.7 Å². The summed E-state index contributed by atoms with van der Waals surface area (Å²) in [7, 11) is 0. The second-order valence-corrected chi connectivity index (χ2v) is 6.04. The fourth-order valence-electron chi connectivity index (χ4n) is 2.92. The molecule has 4 nitrogen and oxygen atoms in total. The fraction of sp³-hybridized carbons (Fsp3) is 0.647.